The van der Waals surface area contributed by atoms with Gasteiger partial charge < -0.3 is 14.0 Å². The molecule has 10 nitrogen and oxygen atoms in total. The lowest BCUT2D eigenvalue weighted by Crippen LogP contribution is -2.39. The molecule has 0 saturated heterocycles. The number of para-hydroxylation sites is 1. The molecule has 184 valence electrons. The van der Waals surface area contributed by atoms with E-state index in [4.69, 9.17) is 18.5 Å². The summed E-state index contributed by atoms with van der Waals surface area (Å²) in [5, 5.41) is 13.7. The molecule has 2 fully saturated rings. The minimum atomic E-state index is -3.97. The smallest absolute Gasteiger partial charge is 0.459 e. The van der Waals surface area contributed by atoms with Crippen LogP contribution in [0.25, 0.3) is 0 Å². The maximum absolute atomic E-state index is 13.6. The molecule has 0 bridgehead atoms. The number of nitrogens with zero attached hydrogens (tertiary/aromatic N) is 1. The van der Waals surface area contributed by atoms with Gasteiger partial charge in [-0.15, -0.1) is 0 Å². The highest BCUT2D eigenvalue weighted by molar-refractivity contribution is 7.52. The quantitative estimate of drug-likeness (QED) is 0.224. The van der Waals surface area contributed by atoms with Gasteiger partial charge >= 0.3 is 13.7 Å². The Labute approximate surface area is 194 Å². The second-order valence-electron chi connectivity index (χ2n) is 8.65. The van der Waals surface area contributed by atoms with Gasteiger partial charge in [0, 0.05) is 24.9 Å². The predicted octanol–water partition coefficient (Wildman–Crippen LogP) is 4.26. The summed E-state index contributed by atoms with van der Waals surface area (Å²) in [5.41, 5.74) is 0. The Kier molecular flexibility index (Phi) is 9.26. The van der Waals surface area contributed by atoms with E-state index in [-0.39, 0.29) is 17.1 Å². The fourth-order valence-electron chi connectivity index (χ4n) is 4.20. The Bertz CT molecular complexity index is 823. The van der Waals surface area contributed by atoms with Crippen LogP contribution in [0.5, 0.6) is 5.75 Å². The Morgan fingerprint density at radius 2 is 1.61 bits per heavy atom. The second kappa shape index (κ2) is 11.9. The number of carbonyl (C=O) groups is 1. The molecule has 1 N–H and O–H groups in total. The predicted molar refractivity (Wildman–Crippen MR) is 121 cm³/mol. The maximum atomic E-state index is 13.6. The summed E-state index contributed by atoms with van der Waals surface area (Å²) >= 11 is 0. The Hall–Kier alpha value is -2.00. The number of hydrogen-bond donors (Lipinski definition) is 1. The van der Waals surface area contributed by atoms with Crippen molar-refractivity contribution in [2.45, 2.75) is 88.7 Å². The molecule has 33 heavy (non-hydrogen) atoms. The number of esters is 1. The topological polar surface area (TPSA) is 126 Å². The highest BCUT2D eigenvalue weighted by Gasteiger charge is 2.38. The summed E-state index contributed by atoms with van der Waals surface area (Å²) in [7, 11) is -2.29. The van der Waals surface area contributed by atoms with E-state index >= 15 is 0 Å². The van der Waals surface area contributed by atoms with E-state index in [0.717, 1.165) is 12.8 Å². The largest absolute Gasteiger partial charge is 0.461 e. The summed E-state index contributed by atoms with van der Waals surface area (Å²) in [4.78, 5) is 23.4. The van der Waals surface area contributed by atoms with Crippen LogP contribution < -0.4 is 9.61 Å². The van der Waals surface area contributed by atoms with Crippen LogP contribution in [0.2, 0.25) is 0 Å². The van der Waals surface area contributed by atoms with Crippen molar-refractivity contribution in [3.8, 4) is 5.75 Å². The van der Waals surface area contributed by atoms with Gasteiger partial charge in [-0.2, -0.15) is 5.09 Å². The van der Waals surface area contributed by atoms with Crippen LogP contribution in [0, 0.1) is 10.1 Å². The molecule has 3 rings (SSSR count). The molecule has 0 aromatic heterocycles. The average molecular weight is 484 g/mol. The van der Waals surface area contributed by atoms with Gasteiger partial charge in [0.15, 0.2) is 0 Å². The lowest BCUT2D eigenvalue weighted by atomic mass is 9.94. The van der Waals surface area contributed by atoms with Crippen LogP contribution in [-0.2, 0) is 23.4 Å². The van der Waals surface area contributed by atoms with Gasteiger partial charge in [0.1, 0.15) is 17.9 Å². The van der Waals surface area contributed by atoms with Crippen molar-refractivity contribution in [2.75, 3.05) is 7.11 Å². The number of ether oxygens (including phenoxy) is 2. The molecule has 0 amide bonds. The van der Waals surface area contributed by atoms with E-state index in [1.807, 2.05) is 0 Å². The lowest BCUT2D eigenvalue weighted by Gasteiger charge is -2.31. The van der Waals surface area contributed by atoms with E-state index in [9.17, 15) is 19.5 Å². The number of carbonyl (C=O) groups excluding carboxylic acids is 1. The highest BCUT2D eigenvalue weighted by Crippen LogP contribution is 2.48. The second-order valence-corrected chi connectivity index (χ2v) is 10.3. The first-order valence-electron chi connectivity index (χ1n) is 11.5. The molecule has 2 aliphatic carbocycles. The van der Waals surface area contributed by atoms with Gasteiger partial charge in [-0.05, 0) is 57.6 Å². The van der Waals surface area contributed by atoms with E-state index in [2.05, 4.69) is 5.09 Å². The van der Waals surface area contributed by atoms with Crippen LogP contribution in [0.3, 0.4) is 0 Å². The fraction of sp³-hybridized carbons (Fsp3) is 0.682. The van der Waals surface area contributed by atoms with Gasteiger partial charge in [0.05, 0.1) is 12.2 Å². The summed E-state index contributed by atoms with van der Waals surface area (Å²) < 4.78 is 36.1. The van der Waals surface area contributed by atoms with Gasteiger partial charge in [0.2, 0.25) is 6.04 Å². The molecule has 0 spiro atoms. The van der Waals surface area contributed by atoms with Crippen LogP contribution in [-0.4, -0.2) is 48.4 Å². The Balaban J connectivity index is 1.61. The lowest BCUT2D eigenvalue weighted by molar-refractivity contribution is -0.527. The molecule has 2 saturated carbocycles. The van der Waals surface area contributed by atoms with E-state index in [1.165, 1.54) is 0 Å². The third-order valence-electron chi connectivity index (χ3n) is 6.14. The normalized spacial score (nSPS) is 28.3. The van der Waals surface area contributed by atoms with E-state index in [1.54, 1.807) is 44.4 Å². The van der Waals surface area contributed by atoms with Gasteiger partial charge in [-0.3, -0.25) is 19.4 Å². The number of nitro groups is 1. The zero-order valence-corrected chi connectivity index (χ0v) is 20.0. The fourth-order valence-corrected chi connectivity index (χ4v) is 5.94. The first-order valence-corrected chi connectivity index (χ1v) is 13.0. The Morgan fingerprint density at radius 1 is 1.03 bits per heavy atom. The minimum Gasteiger partial charge on any atom is -0.461 e. The summed E-state index contributed by atoms with van der Waals surface area (Å²) in [6.07, 6.45) is 4.02. The van der Waals surface area contributed by atoms with Crippen LogP contribution in [0.1, 0.15) is 58.3 Å². The third kappa shape index (κ3) is 7.78. The number of hydrogen-bond acceptors (Lipinski definition) is 8. The van der Waals surface area contributed by atoms with Crippen LogP contribution in [0.4, 0.5) is 0 Å². The van der Waals surface area contributed by atoms with Crippen molar-refractivity contribution >= 4 is 13.7 Å². The van der Waals surface area contributed by atoms with Crippen molar-refractivity contribution < 1.29 is 32.8 Å². The summed E-state index contributed by atoms with van der Waals surface area (Å²) in [6.45, 7) is 1.55. The Morgan fingerprint density at radius 3 is 2.18 bits per heavy atom. The van der Waals surface area contributed by atoms with Gasteiger partial charge in [-0.1, -0.05) is 18.2 Å². The van der Waals surface area contributed by atoms with Crippen molar-refractivity contribution in [3.63, 3.8) is 0 Å². The molecule has 2 atom stereocenters. The monoisotopic (exact) mass is 484 g/mol. The molecule has 0 aliphatic heterocycles. The molecular formula is C22H33N2O8P. The molecule has 1 aromatic rings. The summed E-state index contributed by atoms with van der Waals surface area (Å²) in [6, 6.07) is 6.98. The highest BCUT2D eigenvalue weighted by atomic mass is 31.2. The maximum Gasteiger partial charge on any atom is 0.459 e. The van der Waals surface area contributed by atoms with E-state index < -0.39 is 31.9 Å². The minimum absolute atomic E-state index is 0.189. The molecule has 0 radical (unpaired) electrons. The first kappa shape index (κ1) is 25.6. The first-order chi connectivity index (χ1) is 15.8. The van der Waals surface area contributed by atoms with Crippen molar-refractivity contribution in [3.05, 3.63) is 40.4 Å². The number of methoxy groups -OCH3 is 1. The number of nitrogens with one attached hydrogen (secondary N) is 1. The molecule has 1 aromatic carbocycles. The third-order valence-corrected chi connectivity index (χ3v) is 7.87. The van der Waals surface area contributed by atoms with Crippen LogP contribution in [0.15, 0.2) is 30.3 Å². The van der Waals surface area contributed by atoms with Crippen LogP contribution >= 0.6 is 7.75 Å². The molecule has 2 aliphatic rings. The summed E-state index contributed by atoms with van der Waals surface area (Å²) in [5.74, 6) is -0.209. The average Bonchev–Trinajstić information content (AvgIpc) is 2.80. The number of rotatable bonds is 10. The standard InChI is InChI=1S/C22H33N2O8P/c1-16(22(25)30-19-14-12-18(29-2)13-15-19)23-33(28,31-20-6-4-3-5-7-20)32-21-10-8-17(9-11-21)24(26)27/h3-7,16-19,21H,8-15H2,1-2H3,(H,23,28). The SMILES string of the molecule is COC1CCC(OC(=O)C(C)NP(=O)(Oc2ccccc2)OC2CCC([N+](=O)[O-])CC2)CC1. The van der Waals surface area contributed by atoms with Crippen molar-refractivity contribution in [2.24, 2.45) is 0 Å². The van der Waals surface area contributed by atoms with Gasteiger partial charge in [0.25, 0.3) is 0 Å². The molecular weight excluding hydrogens is 451 g/mol. The molecule has 0 heterocycles. The van der Waals surface area contributed by atoms with Crippen molar-refractivity contribution in [1.29, 1.82) is 0 Å². The zero-order chi connectivity index (χ0) is 23.8. The molecule has 11 heteroatoms. The van der Waals surface area contributed by atoms with Gasteiger partial charge in [-0.25, -0.2) is 4.57 Å². The van der Waals surface area contributed by atoms with E-state index in [0.29, 0.717) is 44.3 Å². The van der Waals surface area contributed by atoms with Crippen molar-refractivity contribution in [1.82, 2.24) is 5.09 Å². The molecule has 2 unspecified atom stereocenters. The zero-order valence-electron chi connectivity index (χ0n) is 19.1. The number of benzene rings is 1.